The molecule has 0 fully saturated rings. The van der Waals surface area contributed by atoms with Crippen LogP contribution < -0.4 is 27.4 Å². The van der Waals surface area contributed by atoms with Gasteiger partial charge in [-0.2, -0.15) is 0 Å². The molecule has 9 N–H and O–H groups in total. The second-order valence-corrected chi connectivity index (χ2v) is 8.07. The average Bonchev–Trinajstić information content (AvgIpc) is 2.83. The van der Waals surface area contributed by atoms with Crippen LogP contribution in [0.4, 0.5) is 0 Å². The maximum Gasteiger partial charge on any atom is 0.326 e. The number of hydrogen-bond donors (Lipinski definition) is 7. The van der Waals surface area contributed by atoms with Gasteiger partial charge >= 0.3 is 5.97 Å². The van der Waals surface area contributed by atoms with Crippen LogP contribution in [0.5, 0.6) is 5.75 Å². The number of carboxylic acid groups (broad SMARTS) is 1. The van der Waals surface area contributed by atoms with E-state index < -0.39 is 60.7 Å². The van der Waals surface area contributed by atoms with E-state index in [9.17, 15) is 34.2 Å². The van der Waals surface area contributed by atoms with Crippen molar-refractivity contribution in [1.82, 2.24) is 16.0 Å². The Morgan fingerprint density at radius 2 is 1.42 bits per heavy atom. The Morgan fingerprint density at radius 1 is 0.806 bits per heavy atom. The van der Waals surface area contributed by atoms with Crippen LogP contribution in [0.1, 0.15) is 17.5 Å². The molecule has 2 rings (SSSR count). The molecule has 0 aliphatic carbocycles. The number of primary amides is 1. The third kappa shape index (κ3) is 9.43. The minimum Gasteiger partial charge on any atom is -0.508 e. The van der Waals surface area contributed by atoms with Crippen LogP contribution in [0.25, 0.3) is 0 Å². The minimum atomic E-state index is -1.59. The van der Waals surface area contributed by atoms with Crippen LogP contribution in [0.3, 0.4) is 0 Å². The van der Waals surface area contributed by atoms with Gasteiger partial charge in [0.25, 0.3) is 0 Å². The van der Waals surface area contributed by atoms with Gasteiger partial charge in [0, 0.05) is 6.42 Å². The van der Waals surface area contributed by atoms with Gasteiger partial charge in [-0.05, 0) is 29.7 Å². The Morgan fingerprint density at radius 3 is 2.00 bits per heavy atom. The average molecular weight is 500 g/mol. The SMILES string of the molecule is NC(=O)CC(NC(=O)C(Cc1ccc(O)cc1)NC(=O)CNC(=O)C(N)Cc1ccccc1)C(=O)O. The minimum absolute atomic E-state index is 0.00857. The Hall–Kier alpha value is -4.45. The van der Waals surface area contributed by atoms with E-state index in [1.807, 2.05) is 30.3 Å². The van der Waals surface area contributed by atoms with Crippen LogP contribution in [0, 0.1) is 0 Å². The number of amides is 4. The molecular formula is C24H29N5O7. The quantitative estimate of drug-likeness (QED) is 0.173. The molecule has 2 aromatic carbocycles. The number of carbonyl (C=O) groups excluding carboxylic acids is 4. The first-order valence-corrected chi connectivity index (χ1v) is 11.0. The highest BCUT2D eigenvalue weighted by Crippen LogP contribution is 2.12. The molecule has 2 aromatic rings. The van der Waals surface area contributed by atoms with Crippen molar-refractivity contribution in [3.05, 3.63) is 65.7 Å². The summed E-state index contributed by atoms with van der Waals surface area (Å²) < 4.78 is 0. The molecule has 0 radical (unpaired) electrons. The smallest absolute Gasteiger partial charge is 0.326 e. The van der Waals surface area contributed by atoms with Crippen LogP contribution in [0.15, 0.2) is 54.6 Å². The molecule has 3 atom stereocenters. The Kier molecular flexibility index (Phi) is 10.4. The van der Waals surface area contributed by atoms with E-state index in [2.05, 4.69) is 16.0 Å². The van der Waals surface area contributed by atoms with Gasteiger partial charge in [0.2, 0.25) is 23.6 Å². The summed E-state index contributed by atoms with van der Waals surface area (Å²) in [5, 5.41) is 25.8. The van der Waals surface area contributed by atoms with E-state index >= 15 is 0 Å². The first-order chi connectivity index (χ1) is 17.0. The first-order valence-electron chi connectivity index (χ1n) is 11.0. The number of aliphatic carboxylic acids is 1. The summed E-state index contributed by atoms with van der Waals surface area (Å²) in [6.07, 6.45) is -0.449. The second kappa shape index (κ2) is 13.4. The zero-order chi connectivity index (χ0) is 26.7. The largest absolute Gasteiger partial charge is 0.508 e. The molecule has 0 saturated carbocycles. The third-order valence-electron chi connectivity index (χ3n) is 5.11. The molecule has 0 aromatic heterocycles. The van der Waals surface area contributed by atoms with E-state index in [1.54, 1.807) is 0 Å². The number of hydrogen-bond acceptors (Lipinski definition) is 7. The molecule has 0 bridgehead atoms. The molecule has 12 heteroatoms. The molecule has 0 aliphatic rings. The summed E-state index contributed by atoms with van der Waals surface area (Å²) in [6, 6.07) is 11.1. The van der Waals surface area contributed by atoms with Crippen molar-refractivity contribution in [1.29, 1.82) is 0 Å². The van der Waals surface area contributed by atoms with Gasteiger partial charge in [-0.1, -0.05) is 42.5 Å². The highest BCUT2D eigenvalue weighted by Gasteiger charge is 2.28. The zero-order valence-corrected chi connectivity index (χ0v) is 19.3. The lowest BCUT2D eigenvalue weighted by atomic mass is 10.0. The topological polar surface area (TPSA) is 214 Å². The van der Waals surface area contributed by atoms with Gasteiger partial charge in [0.15, 0.2) is 0 Å². The van der Waals surface area contributed by atoms with Crippen LogP contribution in [-0.4, -0.2) is 64.5 Å². The van der Waals surface area contributed by atoms with Gasteiger partial charge < -0.3 is 37.6 Å². The molecule has 0 spiro atoms. The van der Waals surface area contributed by atoms with Crippen molar-refractivity contribution in [2.45, 2.75) is 37.4 Å². The maximum absolute atomic E-state index is 12.8. The summed E-state index contributed by atoms with van der Waals surface area (Å²) in [7, 11) is 0. The van der Waals surface area contributed by atoms with E-state index in [1.165, 1.54) is 24.3 Å². The molecule has 0 aliphatic heterocycles. The van der Waals surface area contributed by atoms with E-state index in [-0.39, 0.29) is 18.6 Å². The first kappa shape index (κ1) is 27.8. The summed E-state index contributed by atoms with van der Waals surface area (Å²) in [5.74, 6) is -4.59. The van der Waals surface area contributed by atoms with E-state index in [4.69, 9.17) is 11.5 Å². The fraction of sp³-hybridized carbons (Fsp3) is 0.292. The van der Waals surface area contributed by atoms with Crippen molar-refractivity contribution in [3.8, 4) is 5.75 Å². The molecule has 36 heavy (non-hydrogen) atoms. The summed E-state index contributed by atoms with van der Waals surface area (Å²) >= 11 is 0. The number of phenols is 1. The van der Waals surface area contributed by atoms with Gasteiger partial charge in [0.05, 0.1) is 19.0 Å². The fourth-order valence-corrected chi connectivity index (χ4v) is 3.26. The number of nitrogens with two attached hydrogens (primary N) is 2. The predicted octanol–water partition coefficient (Wildman–Crippen LogP) is -1.45. The van der Waals surface area contributed by atoms with Crippen molar-refractivity contribution >= 4 is 29.6 Å². The molecule has 0 saturated heterocycles. The van der Waals surface area contributed by atoms with E-state index in [0.717, 1.165) is 5.56 Å². The maximum atomic E-state index is 12.8. The molecule has 0 heterocycles. The number of aromatic hydroxyl groups is 1. The molecule has 4 amide bonds. The standard InChI is InChI=1S/C24H29N5O7/c25-17(10-14-4-2-1-3-5-14)22(33)27-13-21(32)28-18(11-15-6-8-16(30)9-7-15)23(34)29-19(24(35)36)12-20(26)31/h1-9,17-19,30H,10-13,25H2,(H2,26,31)(H,27,33)(H,28,32)(H,29,34)(H,35,36). The van der Waals surface area contributed by atoms with Crippen molar-refractivity contribution in [2.75, 3.05) is 6.54 Å². The molecule has 3 unspecified atom stereocenters. The number of nitrogens with one attached hydrogen (secondary N) is 3. The fourth-order valence-electron chi connectivity index (χ4n) is 3.26. The lowest BCUT2D eigenvalue weighted by Crippen LogP contribution is -2.55. The highest BCUT2D eigenvalue weighted by atomic mass is 16.4. The van der Waals surface area contributed by atoms with Crippen molar-refractivity contribution in [2.24, 2.45) is 11.5 Å². The monoisotopic (exact) mass is 499 g/mol. The Balaban J connectivity index is 2.03. The lowest BCUT2D eigenvalue weighted by Gasteiger charge is -2.21. The number of carbonyl (C=O) groups is 5. The molecular weight excluding hydrogens is 470 g/mol. The third-order valence-corrected chi connectivity index (χ3v) is 5.11. The summed E-state index contributed by atoms with van der Waals surface area (Å²) in [6.45, 7) is -0.482. The van der Waals surface area contributed by atoms with Gasteiger partial charge in [-0.25, -0.2) is 4.79 Å². The van der Waals surface area contributed by atoms with Gasteiger partial charge in [0.1, 0.15) is 17.8 Å². The Bertz CT molecular complexity index is 1080. The zero-order valence-electron chi connectivity index (χ0n) is 19.3. The lowest BCUT2D eigenvalue weighted by molar-refractivity contribution is -0.143. The number of phenolic OH excluding ortho intramolecular Hbond substituents is 1. The van der Waals surface area contributed by atoms with Gasteiger partial charge in [-0.15, -0.1) is 0 Å². The normalized spacial score (nSPS) is 13.0. The van der Waals surface area contributed by atoms with Crippen LogP contribution >= 0.6 is 0 Å². The van der Waals surface area contributed by atoms with Crippen LogP contribution in [0.2, 0.25) is 0 Å². The molecule has 192 valence electrons. The summed E-state index contributed by atoms with van der Waals surface area (Å²) in [5.41, 5.74) is 12.3. The van der Waals surface area contributed by atoms with Gasteiger partial charge in [-0.3, -0.25) is 19.2 Å². The van der Waals surface area contributed by atoms with Crippen molar-refractivity contribution < 1.29 is 34.2 Å². The van der Waals surface area contributed by atoms with Crippen LogP contribution in [-0.2, 0) is 36.8 Å². The highest BCUT2D eigenvalue weighted by molar-refractivity contribution is 5.93. The van der Waals surface area contributed by atoms with Crippen molar-refractivity contribution in [3.63, 3.8) is 0 Å². The second-order valence-electron chi connectivity index (χ2n) is 8.07. The van der Waals surface area contributed by atoms with E-state index in [0.29, 0.717) is 5.56 Å². The summed E-state index contributed by atoms with van der Waals surface area (Å²) in [4.78, 5) is 60.1. The predicted molar refractivity (Wildman–Crippen MR) is 128 cm³/mol. The molecule has 12 nitrogen and oxygen atoms in total. The number of benzene rings is 2. The number of carboxylic acids is 1. The Labute approximate surface area is 207 Å². The number of rotatable bonds is 13.